The minimum atomic E-state index is 0.319. The molecular formula is C17H17BrOS. The van der Waals surface area contributed by atoms with E-state index >= 15 is 0 Å². The van der Waals surface area contributed by atoms with Crippen LogP contribution in [0.15, 0.2) is 24.3 Å². The molecule has 0 spiro atoms. The first-order chi connectivity index (χ1) is 9.70. The molecule has 3 heteroatoms. The van der Waals surface area contributed by atoms with Gasteiger partial charge in [-0.15, -0.1) is 11.3 Å². The van der Waals surface area contributed by atoms with Crippen molar-refractivity contribution in [1.82, 2.24) is 0 Å². The molecule has 2 unspecified atom stereocenters. The molecule has 0 fully saturated rings. The monoisotopic (exact) mass is 348 g/mol. The first-order valence-electron chi connectivity index (χ1n) is 7.26. The Balaban J connectivity index is 1.65. The summed E-state index contributed by atoms with van der Waals surface area (Å²) in [4.78, 5) is 3.36. The third kappa shape index (κ3) is 2.11. The lowest BCUT2D eigenvalue weighted by molar-refractivity contribution is 0.254. The highest BCUT2D eigenvalue weighted by Crippen LogP contribution is 2.41. The fourth-order valence-corrected chi connectivity index (χ4v) is 5.20. The van der Waals surface area contributed by atoms with Crippen LogP contribution >= 0.6 is 27.3 Å². The molecule has 1 nitrogen and oxygen atoms in total. The van der Waals surface area contributed by atoms with Crippen molar-refractivity contribution in [1.29, 1.82) is 0 Å². The summed E-state index contributed by atoms with van der Waals surface area (Å²) in [6.07, 6.45) is 5.22. The number of hydrogen-bond acceptors (Lipinski definition) is 2. The van der Waals surface area contributed by atoms with Gasteiger partial charge in [0.1, 0.15) is 11.9 Å². The lowest BCUT2D eigenvalue weighted by Gasteiger charge is -2.10. The van der Waals surface area contributed by atoms with Gasteiger partial charge in [-0.05, 0) is 55.0 Å². The molecule has 2 aromatic rings. The highest BCUT2D eigenvalue weighted by Gasteiger charge is 2.23. The van der Waals surface area contributed by atoms with Gasteiger partial charge in [-0.1, -0.05) is 28.1 Å². The lowest BCUT2D eigenvalue weighted by atomic mass is 10.0. The smallest absolute Gasteiger partial charge is 0.123 e. The first kappa shape index (κ1) is 12.9. The Hall–Kier alpha value is -0.800. The minimum Gasteiger partial charge on any atom is -0.490 e. The molecule has 1 aliphatic heterocycles. The van der Waals surface area contributed by atoms with Gasteiger partial charge in [-0.25, -0.2) is 0 Å². The van der Waals surface area contributed by atoms with Crippen LogP contribution in [0.5, 0.6) is 5.75 Å². The summed E-state index contributed by atoms with van der Waals surface area (Å²) in [5, 5.41) is 0. The van der Waals surface area contributed by atoms with Gasteiger partial charge in [0.15, 0.2) is 0 Å². The standard InChI is InChI=1S/C17H17BrOS/c1-10-7-13-8-12(5-6-14(13)19-10)17(18)16-9-11-3-2-4-15(11)20-16/h5-6,8-10,17H,2-4,7H2,1H3. The molecule has 2 heterocycles. The van der Waals surface area contributed by atoms with Crippen molar-refractivity contribution in [3.8, 4) is 5.75 Å². The van der Waals surface area contributed by atoms with Crippen LogP contribution in [0, 0.1) is 0 Å². The van der Waals surface area contributed by atoms with E-state index in [1.165, 1.54) is 35.3 Å². The number of ether oxygens (including phenoxy) is 1. The Morgan fingerprint density at radius 1 is 1.25 bits per heavy atom. The molecule has 0 saturated heterocycles. The Morgan fingerprint density at radius 2 is 2.15 bits per heavy atom. The van der Waals surface area contributed by atoms with Crippen molar-refractivity contribution in [2.24, 2.45) is 0 Å². The predicted octanol–water partition coefficient (Wildman–Crippen LogP) is 5.04. The maximum absolute atomic E-state index is 5.78. The summed E-state index contributed by atoms with van der Waals surface area (Å²) in [6, 6.07) is 9.03. The third-order valence-electron chi connectivity index (χ3n) is 4.23. The van der Waals surface area contributed by atoms with Crippen LogP contribution in [-0.4, -0.2) is 6.10 Å². The molecule has 4 rings (SSSR count). The fourth-order valence-electron chi connectivity index (χ4n) is 3.24. The summed E-state index contributed by atoms with van der Waals surface area (Å²) >= 11 is 5.87. The van der Waals surface area contributed by atoms with E-state index < -0.39 is 0 Å². The summed E-state index contributed by atoms with van der Waals surface area (Å²) in [5.74, 6) is 1.06. The molecule has 0 N–H and O–H groups in total. The molecule has 0 radical (unpaired) electrons. The van der Waals surface area contributed by atoms with E-state index in [0.717, 1.165) is 12.2 Å². The van der Waals surface area contributed by atoms with Crippen LogP contribution in [0.25, 0.3) is 0 Å². The Bertz CT molecular complexity index is 640. The third-order valence-corrected chi connectivity index (χ3v) is 6.86. The molecule has 0 saturated carbocycles. The van der Waals surface area contributed by atoms with Crippen molar-refractivity contribution >= 4 is 27.3 Å². The SMILES string of the molecule is CC1Cc2cc(C(Br)c3cc4c(s3)CCC4)ccc2O1. The van der Waals surface area contributed by atoms with Crippen LogP contribution in [0.4, 0.5) is 0 Å². The zero-order valence-electron chi connectivity index (χ0n) is 11.5. The molecule has 104 valence electrons. The van der Waals surface area contributed by atoms with E-state index in [0.29, 0.717) is 10.9 Å². The zero-order valence-corrected chi connectivity index (χ0v) is 13.9. The maximum atomic E-state index is 5.78. The predicted molar refractivity (Wildman–Crippen MR) is 87.4 cm³/mol. The lowest BCUT2D eigenvalue weighted by Crippen LogP contribution is -2.05. The summed E-state index contributed by atoms with van der Waals surface area (Å²) < 4.78 is 5.78. The number of aryl methyl sites for hydroxylation is 2. The normalized spacial score (nSPS) is 21.4. The first-order valence-corrected chi connectivity index (χ1v) is 8.99. The second-order valence-electron chi connectivity index (χ2n) is 5.81. The van der Waals surface area contributed by atoms with E-state index in [1.807, 2.05) is 11.3 Å². The summed E-state index contributed by atoms with van der Waals surface area (Å²) in [5.41, 5.74) is 4.28. The molecular weight excluding hydrogens is 332 g/mol. The topological polar surface area (TPSA) is 9.23 Å². The Kier molecular flexibility index (Phi) is 3.15. The van der Waals surface area contributed by atoms with Crippen molar-refractivity contribution in [2.45, 2.75) is 43.5 Å². The fraction of sp³-hybridized carbons (Fsp3) is 0.412. The van der Waals surface area contributed by atoms with Crippen LogP contribution in [-0.2, 0) is 19.3 Å². The van der Waals surface area contributed by atoms with Crippen molar-refractivity contribution < 1.29 is 4.74 Å². The second-order valence-corrected chi connectivity index (χ2v) is 7.90. The van der Waals surface area contributed by atoms with E-state index in [4.69, 9.17) is 4.74 Å². The van der Waals surface area contributed by atoms with Crippen molar-refractivity contribution in [3.05, 3.63) is 50.7 Å². The van der Waals surface area contributed by atoms with E-state index in [9.17, 15) is 0 Å². The molecule has 1 aromatic carbocycles. The molecule has 1 aliphatic carbocycles. The molecule has 2 atom stereocenters. The average Bonchev–Trinajstić information content (AvgIpc) is 3.08. The minimum absolute atomic E-state index is 0.319. The van der Waals surface area contributed by atoms with Gasteiger partial charge in [-0.3, -0.25) is 0 Å². The Morgan fingerprint density at radius 3 is 3.00 bits per heavy atom. The highest BCUT2D eigenvalue weighted by molar-refractivity contribution is 9.09. The van der Waals surface area contributed by atoms with Crippen molar-refractivity contribution in [2.75, 3.05) is 0 Å². The molecule has 0 bridgehead atoms. The molecule has 2 aliphatic rings. The zero-order chi connectivity index (χ0) is 13.7. The van der Waals surface area contributed by atoms with Gasteiger partial charge in [0.2, 0.25) is 0 Å². The van der Waals surface area contributed by atoms with Gasteiger partial charge in [0.25, 0.3) is 0 Å². The highest BCUT2D eigenvalue weighted by atomic mass is 79.9. The Labute approximate surface area is 132 Å². The van der Waals surface area contributed by atoms with E-state index in [-0.39, 0.29) is 0 Å². The number of rotatable bonds is 2. The van der Waals surface area contributed by atoms with E-state index in [1.54, 1.807) is 10.4 Å². The number of halogens is 1. The number of hydrogen-bond donors (Lipinski definition) is 0. The van der Waals surface area contributed by atoms with Crippen LogP contribution in [0.2, 0.25) is 0 Å². The summed E-state index contributed by atoms with van der Waals surface area (Å²) in [7, 11) is 0. The van der Waals surface area contributed by atoms with E-state index in [2.05, 4.69) is 47.1 Å². The number of benzene rings is 1. The van der Waals surface area contributed by atoms with Gasteiger partial charge in [0, 0.05) is 16.2 Å². The van der Waals surface area contributed by atoms with Crippen molar-refractivity contribution in [3.63, 3.8) is 0 Å². The maximum Gasteiger partial charge on any atom is 0.123 e. The van der Waals surface area contributed by atoms with Gasteiger partial charge in [0.05, 0.1) is 4.83 Å². The van der Waals surface area contributed by atoms with Gasteiger partial charge < -0.3 is 4.74 Å². The average molecular weight is 349 g/mol. The molecule has 1 aromatic heterocycles. The molecule has 20 heavy (non-hydrogen) atoms. The van der Waals surface area contributed by atoms with Crippen LogP contribution < -0.4 is 4.74 Å². The quantitative estimate of drug-likeness (QED) is 0.690. The number of fused-ring (bicyclic) bond motifs is 2. The number of alkyl halides is 1. The van der Waals surface area contributed by atoms with Crippen LogP contribution in [0.1, 0.15) is 44.6 Å². The second kappa shape index (κ2) is 4.88. The van der Waals surface area contributed by atoms with Crippen LogP contribution in [0.3, 0.4) is 0 Å². The number of thiophene rings is 1. The molecule has 0 amide bonds. The van der Waals surface area contributed by atoms with Gasteiger partial charge >= 0.3 is 0 Å². The largest absolute Gasteiger partial charge is 0.490 e. The summed E-state index contributed by atoms with van der Waals surface area (Å²) in [6.45, 7) is 2.13. The van der Waals surface area contributed by atoms with Gasteiger partial charge in [-0.2, -0.15) is 0 Å².